The van der Waals surface area contributed by atoms with Crippen molar-refractivity contribution in [1.29, 1.82) is 0 Å². The molecule has 0 spiro atoms. The maximum Gasteiger partial charge on any atom is 0.351 e. The fourth-order valence-corrected chi connectivity index (χ4v) is 3.01. The number of carbonyl (C=O) groups excluding carboxylic acids is 2. The minimum Gasteiger partial charge on any atom is -0.451 e. The van der Waals surface area contributed by atoms with E-state index in [9.17, 15) is 9.59 Å². The molecule has 1 amide bonds. The van der Waals surface area contributed by atoms with Crippen molar-refractivity contribution in [3.63, 3.8) is 0 Å². The largest absolute Gasteiger partial charge is 0.451 e. The number of tetrazole rings is 1. The molecule has 0 unspecified atom stereocenters. The van der Waals surface area contributed by atoms with E-state index in [0.717, 1.165) is 11.3 Å². The van der Waals surface area contributed by atoms with Gasteiger partial charge in [-0.15, -0.1) is 16.4 Å². The van der Waals surface area contributed by atoms with E-state index in [1.807, 2.05) is 0 Å². The van der Waals surface area contributed by atoms with Crippen LogP contribution in [0.15, 0.2) is 36.0 Å². The Morgan fingerprint density at radius 3 is 2.88 bits per heavy atom. The summed E-state index contributed by atoms with van der Waals surface area (Å²) in [5.41, 5.74) is 0.805. The molecule has 128 valence electrons. The van der Waals surface area contributed by atoms with Crippen LogP contribution in [0.3, 0.4) is 0 Å². The number of aromatic nitrogens is 4. The fourth-order valence-electron chi connectivity index (χ4n) is 1.89. The van der Waals surface area contributed by atoms with Gasteiger partial charge in [-0.05, 0) is 34.0 Å². The quantitative estimate of drug-likeness (QED) is 0.664. The predicted molar refractivity (Wildman–Crippen MR) is 92.4 cm³/mol. The molecule has 11 heteroatoms. The summed E-state index contributed by atoms with van der Waals surface area (Å²) in [5.74, 6) is -1.20. The Labute approximate surface area is 155 Å². The first-order chi connectivity index (χ1) is 12.1. The number of halogens is 2. The van der Waals surface area contributed by atoms with Gasteiger partial charge in [0.15, 0.2) is 6.61 Å². The van der Waals surface area contributed by atoms with Crippen LogP contribution in [0.25, 0.3) is 5.69 Å². The average Bonchev–Trinajstić information content (AvgIpc) is 3.27. The van der Waals surface area contributed by atoms with Gasteiger partial charge in [0.05, 0.1) is 21.4 Å². The summed E-state index contributed by atoms with van der Waals surface area (Å²) in [4.78, 5) is 24.4. The van der Waals surface area contributed by atoms with E-state index in [1.54, 1.807) is 29.6 Å². The molecule has 0 saturated heterocycles. The fraction of sp³-hybridized carbons (Fsp3) is 0.0714. The van der Waals surface area contributed by atoms with Gasteiger partial charge in [-0.1, -0.05) is 29.3 Å². The van der Waals surface area contributed by atoms with Crippen molar-refractivity contribution < 1.29 is 14.3 Å². The number of esters is 1. The number of hydrogen-bond acceptors (Lipinski definition) is 7. The number of carbonyl (C=O) groups is 2. The lowest BCUT2D eigenvalue weighted by Crippen LogP contribution is -2.21. The molecule has 0 bridgehead atoms. The van der Waals surface area contributed by atoms with Crippen molar-refractivity contribution in [1.82, 2.24) is 20.2 Å². The lowest BCUT2D eigenvalue weighted by molar-refractivity contribution is -0.119. The molecule has 0 atom stereocenters. The standard InChI is InChI=1S/C14H9Cl2N5O3S/c15-8-2-1-3-9(12(8)16)18-11(22)6-24-14(23)13-10(4-5-25-13)21-7-17-19-20-21/h1-5,7H,6H2,(H,18,22). The Balaban J connectivity index is 1.62. The summed E-state index contributed by atoms with van der Waals surface area (Å²) in [6.45, 7) is -0.478. The molecule has 2 aromatic heterocycles. The number of hydrogen-bond donors (Lipinski definition) is 1. The zero-order chi connectivity index (χ0) is 17.8. The summed E-state index contributed by atoms with van der Waals surface area (Å²) in [7, 11) is 0. The lowest BCUT2D eigenvalue weighted by Gasteiger charge is -2.09. The summed E-state index contributed by atoms with van der Waals surface area (Å²) < 4.78 is 6.36. The molecule has 0 aliphatic heterocycles. The highest BCUT2D eigenvalue weighted by Gasteiger charge is 2.18. The Bertz CT molecular complexity index is 913. The topological polar surface area (TPSA) is 99.0 Å². The van der Waals surface area contributed by atoms with Crippen LogP contribution in [0.5, 0.6) is 0 Å². The smallest absolute Gasteiger partial charge is 0.351 e. The number of anilines is 1. The van der Waals surface area contributed by atoms with Crippen LogP contribution in [0, 0.1) is 0 Å². The van der Waals surface area contributed by atoms with E-state index >= 15 is 0 Å². The van der Waals surface area contributed by atoms with E-state index < -0.39 is 18.5 Å². The zero-order valence-electron chi connectivity index (χ0n) is 12.3. The maximum atomic E-state index is 12.2. The minimum absolute atomic E-state index is 0.211. The van der Waals surface area contributed by atoms with Gasteiger partial charge in [0, 0.05) is 0 Å². The molecule has 1 N–H and O–H groups in total. The highest BCUT2D eigenvalue weighted by molar-refractivity contribution is 7.12. The van der Waals surface area contributed by atoms with Gasteiger partial charge < -0.3 is 10.1 Å². The van der Waals surface area contributed by atoms with Gasteiger partial charge in [0.1, 0.15) is 11.2 Å². The van der Waals surface area contributed by atoms with Crippen LogP contribution < -0.4 is 5.32 Å². The number of ether oxygens (including phenoxy) is 1. The van der Waals surface area contributed by atoms with Gasteiger partial charge in [-0.3, -0.25) is 4.79 Å². The number of nitrogens with zero attached hydrogens (tertiary/aromatic N) is 4. The van der Waals surface area contributed by atoms with Crippen molar-refractivity contribution in [2.45, 2.75) is 0 Å². The predicted octanol–water partition coefficient (Wildman–Crippen LogP) is 2.83. The molecular weight excluding hydrogens is 389 g/mol. The van der Waals surface area contributed by atoms with Crippen molar-refractivity contribution in [3.8, 4) is 5.69 Å². The molecule has 0 saturated carbocycles. The molecule has 0 aliphatic carbocycles. The van der Waals surface area contributed by atoms with Gasteiger partial charge in [0.2, 0.25) is 0 Å². The van der Waals surface area contributed by atoms with Crippen LogP contribution in [0.1, 0.15) is 9.67 Å². The number of rotatable bonds is 5. The highest BCUT2D eigenvalue weighted by atomic mass is 35.5. The van der Waals surface area contributed by atoms with Crippen molar-refractivity contribution in [2.75, 3.05) is 11.9 Å². The molecule has 1 aromatic carbocycles. The number of thiophene rings is 1. The molecule has 25 heavy (non-hydrogen) atoms. The second kappa shape index (κ2) is 7.60. The van der Waals surface area contributed by atoms with Crippen LogP contribution >= 0.6 is 34.5 Å². The van der Waals surface area contributed by atoms with E-state index in [-0.39, 0.29) is 9.90 Å². The first-order valence-electron chi connectivity index (χ1n) is 6.78. The number of benzene rings is 1. The third-order valence-corrected chi connectivity index (χ3v) is 4.69. The van der Waals surface area contributed by atoms with Crippen LogP contribution in [-0.2, 0) is 9.53 Å². The molecular formula is C14H9Cl2N5O3S. The SMILES string of the molecule is O=C(COC(=O)c1sccc1-n1cnnn1)Nc1cccc(Cl)c1Cl. The Kier molecular flexibility index (Phi) is 5.27. The summed E-state index contributed by atoms with van der Waals surface area (Å²) >= 11 is 13.0. The minimum atomic E-state index is -0.659. The normalized spacial score (nSPS) is 10.5. The molecule has 2 heterocycles. The second-order valence-electron chi connectivity index (χ2n) is 4.62. The monoisotopic (exact) mass is 397 g/mol. The summed E-state index contributed by atoms with van der Waals surface area (Å²) in [6, 6.07) is 6.49. The van der Waals surface area contributed by atoms with E-state index in [2.05, 4.69) is 20.8 Å². The van der Waals surface area contributed by atoms with Gasteiger partial charge in [-0.2, -0.15) is 4.68 Å². The van der Waals surface area contributed by atoms with E-state index in [1.165, 1.54) is 11.0 Å². The summed E-state index contributed by atoms with van der Waals surface area (Å²) in [5, 5.41) is 15.5. The van der Waals surface area contributed by atoms with E-state index in [0.29, 0.717) is 16.4 Å². The second-order valence-corrected chi connectivity index (χ2v) is 6.32. The first-order valence-corrected chi connectivity index (χ1v) is 8.41. The maximum absolute atomic E-state index is 12.2. The van der Waals surface area contributed by atoms with Crippen LogP contribution in [0.2, 0.25) is 10.0 Å². The molecule has 0 radical (unpaired) electrons. The van der Waals surface area contributed by atoms with E-state index in [4.69, 9.17) is 27.9 Å². The number of amides is 1. The van der Waals surface area contributed by atoms with Gasteiger partial charge in [0.25, 0.3) is 5.91 Å². The lowest BCUT2D eigenvalue weighted by atomic mass is 10.3. The number of nitrogens with one attached hydrogen (secondary N) is 1. The van der Waals surface area contributed by atoms with Crippen molar-refractivity contribution >= 4 is 52.1 Å². The van der Waals surface area contributed by atoms with Crippen LogP contribution in [0.4, 0.5) is 5.69 Å². The summed E-state index contributed by atoms with van der Waals surface area (Å²) in [6.07, 6.45) is 1.35. The third kappa shape index (κ3) is 3.95. The Morgan fingerprint density at radius 1 is 1.28 bits per heavy atom. The average molecular weight is 398 g/mol. The van der Waals surface area contributed by atoms with Crippen molar-refractivity contribution in [2.24, 2.45) is 0 Å². The molecule has 0 aliphatic rings. The highest BCUT2D eigenvalue weighted by Crippen LogP contribution is 2.29. The van der Waals surface area contributed by atoms with Gasteiger partial charge >= 0.3 is 5.97 Å². The third-order valence-electron chi connectivity index (χ3n) is 2.99. The Morgan fingerprint density at radius 2 is 2.12 bits per heavy atom. The molecule has 0 fully saturated rings. The zero-order valence-corrected chi connectivity index (χ0v) is 14.7. The molecule has 8 nitrogen and oxygen atoms in total. The van der Waals surface area contributed by atoms with Gasteiger partial charge in [-0.25, -0.2) is 4.79 Å². The molecule has 3 aromatic rings. The van der Waals surface area contributed by atoms with Crippen LogP contribution in [-0.4, -0.2) is 38.7 Å². The first kappa shape index (κ1) is 17.3. The molecule has 3 rings (SSSR count). The van der Waals surface area contributed by atoms with Crippen molar-refractivity contribution in [3.05, 3.63) is 50.9 Å². The Hall–Kier alpha value is -2.49.